The molecule has 88 valence electrons. The van der Waals surface area contributed by atoms with Crippen LogP contribution in [0.3, 0.4) is 0 Å². The number of benzene rings is 1. The van der Waals surface area contributed by atoms with Crippen molar-refractivity contribution >= 4 is 11.8 Å². The molecule has 0 radical (unpaired) electrons. The average Bonchev–Trinajstić information content (AvgIpc) is 2.45. The van der Waals surface area contributed by atoms with Gasteiger partial charge in [0, 0.05) is 0 Å². The van der Waals surface area contributed by atoms with Gasteiger partial charge in [0.05, 0.1) is 17.7 Å². The molecule has 0 atom stereocenters. The molecule has 0 aliphatic carbocycles. The van der Waals surface area contributed by atoms with Gasteiger partial charge in [0.25, 0.3) is 11.8 Å². The summed E-state index contributed by atoms with van der Waals surface area (Å²) in [6.07, 6.45) is 0. The maximum Gasteiger partial charge on any atom is 0.285 e. The van der Waals surface area contributed by atoms with Crippen LogP contribution in [-0.4, -0.2) is 23.5 Å². The molecule has 4 heteroatoms. The van der Waals surface area contributed by atoms with Crippen LogP contribution in [0.2, 0.25) is 0 Å². The van der Waals surface area contributed by atoms with Gasteiger partial charge in [-0.15, -0.1) is 5.06 Å². The third-order valence-electron chi connectivity index (χ3n) is 2.01. The fourth-order valence-corrected chi connectivity index (χ4v) is 1.41. The van der Waals surface area contributed by atoms with Gasteiger partial charge in [0.15, 0.2) is 0 Å². The zero-order chi connectivity index (χ0) is 10.1. The van der Waals surface area contributed by atoms with Crippen molar-refractivity contribution in [1.82, 2.24) is 5.06 Å². The van der Waals surface area contributed by atoms with E-state index in [1.807, 2.05) is 0 Å². The monoisotopic (exact) mass is 223 g/mol. The van der Waals surface area contributed by atoms with Gasteiger partial charge in [0.1, 0.15) is 0 Å². The van der Waals surface area contributed by atoms with Crippen molar-refractivity contribution in [3.05, 3.63) is 35.4 Å². The van der Waals surface area contributed by atoms with Crippen molar-refractivity contribution in [2.45, 2.75) is 21.8 Å². The quantitative estimate of drug-likeness (QED) is 0.724. The van der Waals surface area contributed by atoms with E-state index in [1.54, 1.807) is 31.2 Å². The fourth-order valence-electron chi connectivity index (χ4n) is 1.41. The topological polar surface area (TPSA) is 46.6 Å². The van der Waals surface area contributed by atoms with Gasteiger partial charge in [-0.2, -0.15) is 0 Å². The number of rotatable bonds is 2. The zero-order valence-electron chi connectivity index (χ0n) is 7.69. The number of hydroxylamine groups is 2. The Morgan fingerprint density at radius 2 is 1.50 bits per heavy atom. The standard InChI is InChI=1S/C10H9NO3.2CH4/c1-2-14-11-9(12)7-5-3-4-6-8(7)10(11)13;;/h3-6H,2H2,1H3;2*1H4. The SMILES string of the molecule is C.C.CCON1C(=O)c2ccccc2C1=O. The minimum absolute atomic E-state index is 0. The van der Waals surface area contributed by atoms with Crippen LogP contribution < -0.4 is 0 Å². The van der Waals surface area contributed by atoms with E-state index in [2.05, 4.69) is 0 Å². The number of hydrogen-bond acceptors (Lipinski definition) is 3. The maximum atomic E-state index is 11.6. The van der Waals surface area contributed by atoms with Crippen molar-refractivity contribution < 1.29 is 14.4 Å². The van der Waals surface area contributed by atoms with Crippen LogP contribution >= 0.6 is 0 Å². The smallest absolute Gasteiger partial charge is 0.266 e. The summed E-state index contributed by atoms with van der Waals surface area (Å²) in [5, 5.41) is 0.810. The largest absolute Gasteiger partial charge is 0.285 e. The third-order valence-corrected chi connectivity index (χ3v) is 2.01. The Kier molecular flexibility index (Phi) is 4.85. The summed E-state index contributed by atoms with van der Waals surface area (Å²) in [5.74, 6) is -0.764. The molecule has 1 heterocycles. The molecule has 1 aromatic carbocycles. The lowest BCUT2D eigenvalue weighted by molar-refractivity contribution is -0.0863. The summed E-state index contributed by atoms with van der Waals surface area (Å²) in [4.78, 5) is 28.1. The summed E-state index contributed by atoms with van der Waals surface area (Å²) < 4.78 is 0. The molecule has 4 nitrogen and oxygen atoms in total. The van der Waals surface area contributed by atoms with Gasteiger partial charge >= 0.3 is 0 Å². The number of hydrogen-bond donors (Lipinski definition) is 0. The molecule has 1 aromatic rings. The molecule has 1 aliphatic heterocycles. The second kappa shape index (κ2) is 5.42. The molecule has 0 spiro atoms. The summed E-state index contributed by atoms with van der Waals surface area (Å²) in [7, 11) is 0. The molecular weight excluding hydrogens is 206 g/mol. The molecular formula is C12H17NO3. The number of fused-ring (bicyclic) bond motifs is 1. The predicted molar refractivity (Wildman–Crippen MR) is 62.0 cm³/mol. The van der Waals surface area contributed by atoms with Gasteiger partial charge < -0.3 is 0 Å². The van der Waals surface area contributed by atoms with Crippen molar-refractivity contribution in [3.8, 4) is 0 Å². The molecule has 16 heavy (non-hydrogen) atoms. The summed E-state index contributed by atoms with van der Waals surface area (Å²) in [6.45, 7) is 2.02. The summed E-state index contributed by atoms with van der Waals surface area (Å²) in [5.41, 5.74) is 0.817. The lowest BCUT2D eigenvalue weighted by atomic mass is 10.1. The van der Waals surface area contributed by atoms with Crippen molar-refractivity contribution in [2.24, 2.45) is 0 Å². The molecule has 1 aliphatic rings. The molecule has 2 amide bonds. The Hall–Kier alpha value is -1.68. The molecule has 0 saturated heterocycles. The average molecular weight is 223 g/mol. The highest BCUT2D eigenvalue weighted by molar-refractivity contribution is 6.20. The minimum atomic E-state index is -0.382. The van der Waals surface area contributed by atoms with E-state index in [9.17, 15) is 9.59 Å². The second-order valence-electron chi connectivity index (χ2n) is 2.87. The van der Waals surface area contributed by atoms with Crippen LogP contribution in [0.25, 0.3) is 0 Å². The van der Waals surface area contributed by atoms with Gasteiger partial charge in [-0.05, 0) is 19.1 Å². The summed E-state index contributed by atoms with van der Waals surface area (Å²) >= 11 is 0. The first-order valence-corrected chi connectivity index (χ1v) is 4.36. The van der Waals surface area contributed by atoms with E-state index in [4.69, 9.17) is 4.84 Å². The number of imide groups is 1. The predicted octanol–water partition coefficient (Wildman–Crippen LogP) is 2.51. The first-order valence-electron chi connectivity index (χ1n) is 4.36. The van der Waals surface area contributed by atoms with Crippen LogP contribution in [0, 0.1) is 0 Å². The fraction of sp³-hybridized carbons (Fsp3) is 0.333. The first-order chi connectivity index (χ1) is 6.75. The Balaban J connectivity index is 0.00000112. The van der Waals surface area contributed by atoms with E-state index in [-0.39, 0.29) is 26.7 Å². The van der Waals surface area contributed by atoms with Crippen molar-refractivity contribution in [1.29, 1.82) is 0 Å². The third kappa shape index (κ3) is 1.97. The van der Waals surface area contributed by atoms with E-state index in [0.717, 1.165) is 5.06 Å². The first kappa shape index (κ1) is 14.3. The van der Waals surface area contributed by atoms with Gasteiger partial charge in [-0.25, -0.2) is 0 Å². The molecule has 0 N–H and O–H groups in total. The number of carbonyl (C=O) groups is 2. The molecule has 0 fully saturated rings. The Morgan fingerprint density at radius 3 is 1.88 bits per heavy atom. The molecule has 2 rings (SSSR count). The van der Waals surface area contributed by atoms with Gasteiger partial charge in [0.2, 0.25) is 0 Å². The van der Waals surface area contributed by atoms with E-state index in [0.29, 0.717) is 17.7 Å². The highest BCUT2D eigenvalue weighted by Gasteiger charge is 2.35. The second-order valence-corrected chi connectivity index (χ2v) is 2.87. The van der Waals surface area contributed by atoms with Crippen LogP contribution in [0.5, 0.6) is 0 Å². The molecule has 0 saturated carbocycles. The van der Waals surface area contributed by atoms with Crippen LogP contribution in [-0.2, 0) is 4.84 Å². The van der Waals surface area contributed by atoms with Crippen molar-refractivity contribution in [2.75, 3.05) is 6.61 Å². The van der Waals surface area contributed by atoms with E-state index in [1.165, 1.54) is 0 Å². The van der Waals surface area contributed by atoms with E-state index >= 15 is 0 Å². The molecule has 0 aromatic heterocycles. The minimum Gasteiger partial charge on any atom is -0.266 e. The maximum absolute atomic E-state index is 11.6. The van der Waals surface area contributed by atoms with Gasteiger partial charge in [-0.1, -0.05) is 27.0 Å². The number of carbonyl (C=O) groups excluding carboxylic acids is 2. The summed E-state index contributed by atoms with van der Waals surface area (Å²) in [6, 6.07) is 6.68. The lowest BCUT2D eigenvalue weighted by Crippen LogP contribution is -2.29. The Bertz CT molecular complexity index is 366. The van der Waals surface area contributed by atoms with Crippen LogP contribution in [0.4, 0.5) is 0 Å². The van der Waals surface area contributed by atoms with Crippen LogP contribution in [0.1, 0.15) is 42.5 Å². The number of nitrogens with zero attached hydrogens (tertiary/aromatic N) is 1. The molecule has 0 unspecified atom stereocenters. The normalized spacial score (nSPS) is 12.9. The van der Waals surface area contributed by atoms with Crippen LogP contribution in [0.15, 0.2) is 24.3 Å². The highest BCUT2D eigenvalue weighted by atomic mass is 16.7. The zero-order valence-corrected chi connectivity index (χ0v) is 7.69. The lowest BCUT2D eigenvalue weighted by Gasteiger charge is -2.10. The Labute approximate surface area is 95.8 Å². The number of amides is 2. The van der Waals surface area contributed by atoms with Crippen molar-refractivity contribution in [3.63, 3.8) is 0 Å². The Morgan fingerprint density at radius 1 is 1.06 bits per heavy atom. The van der Waals surface area contributed by atoms with E-state index < -0.39 is 0 Å². The van der Waals surface area contributed by atoms with Gasteiger partial charge in [-0.3, -0.25) is 14.4 Å². The highest BCUT2D eigenvalue weighted by Crippen LogP contribution is 2.22. The molecule has 0 bridgehead atoms.